The van der Waals surface area contributed by atoms with E-state index in [-0.39, 0.29) is 0 Å². The van der Waals surface area contributed by atoms with E-state index in [1.165, 1.54) is 0 Å². The third-order valence-corrected chi connectivity index (χ3v) is 2.88. The summed E-state index contributed by atoms with van der Waals surface area (Å²) in [5.74, 6) is 0.546. The van der Waals surface area contributed by atoms with Crippen LogP contribution in [-0.2, 0) is 0 Å². The Morgan fingerprint density at radius 3 is 2.60 bits per heavy atom. The van der Waals surface area contributed by atoms with Gasteiger partial charge in [0.05, 0.1) is 5.71 Å². The highest BCUT2D eigenvalue weighted by Crippen LogP contribution is 2.10. The van der Waals surface area contributed by atoms with Gasteiger partial charge in [-0.25, -0.2) is 0 Å². The van der Waals surface area contributed by atoms with Crippen molar-refractivity contribution in [3.63, 3.8) is 0 Å². The minimum Gasteiger partial charge on any atom is -0.361 e. The molecule has 1 aromatic rings. The Kier molecular flexibility index (Phi) is 7.26. The van der Waals surface area contributed by atoms with E-state index in [1.807, 2.05) is 43.3 Å². The van der Waals surface area contributed by atoms with Gasteiger partial charge in [0.15, 0.2) is 5.11 Å². The lowest BCUT2D eigenvalue weighted by atomic mass is 10.2. The lowest BCUT2D eigenvalue weighted by Gasteiger charge is -2.09. The van der Waals surface area contributed by atoms with Crippen molar-refractivity contribution < 1.29 is 0 Å². The molecule has 0 radical (unpaired) electrons. The Morgan fingerprint density at radius 1 is 1.35 bits per heavy atom. The predicted octanol–water partition coefficient (Wildman–Crippen LogP) is 3.85. The second-order valence-corrected chi connectivity index (χ2v) is 5.70. The molecule has 0 aliphatic heterocycles. The number of allylic oxidation sites excluding steroid dienone is 1. The second-order valence-electron chi connectivity index (χ2n) is 4.85. The number of benzene rings is 1. The zero-order chi connectivity index (χ0) is 15.0. The van der Waals surface area contributed by atoms with E-state index >= 15 is 0 Å². The number of halogens is 1. The first-order chi connectivity index (χ1) is 9.47. The van der Waals surface area contributed by atoms with E-state index in [2.05, 4.69) is 29.7 Å². The van der Waals surface area contributed by atoms with Gasteiger partial charge in [0, 0.05) is 11.6 Å². The van der Waals surface area contributed by atoms with Crippen LogP contribution in [0.1, 0.15) is 26.3 Å². The zero-order valence-corrected chi connectivity index (χ0v) is 13.6. The third kappa shape index (κ3) is 7.26. The monoisotopic (exact) mass is 309 g/mol. The Balaban J connectivity index is 2.45. The average Bonchev–Trinajstić information content (AvgIpc) is 2.42. The molecule has 108 valence electrons. The maximum Gasteiger partial charge on any atom is 0.186 e. The zero-order valence-electron chi connectivity index (χ0n) is 12.0. The summed E-state index contributed by atoms with van der Waals surface area (Å²) in [5.41, 5.74) is 4.73. The van der Waals surface area contributed by atoms with Gasteiger partial charge >= 0.3 is 0 Å². The van der Waals surface area contributed by atoms with Crippen LogP contribution in [0.25, 0.3) is 6.08 Å². The number of nitrogens with zero attached hydrogens (tertiary/aromatic N) is 1. The number of rotatable bonds is 5. The van der Waals surface area contributed by atoms with Crippen molar-refractivity contribution in [2.75, 3.05) is 6.54 Å². The van der Waals surface area contributed by atoms with E-state index in [9.17, 15) is 0 Å². The Labute approximate surface area is 131 Å². The molecule has 0 bridgehead atoms. The fourth-order valence-electron chi connectivity index (χ4n) is 1.30. The van der Waals surface area contributed by atoms with Gasteiger partial charge in [-0.15, -0.1) is 0 Å². The molecule has 3 nitrogen and oxygen atoms in total. The second kappa shape index (κ2) is 8.72. The lowest BCUT2D eigenvalue weighted by molar-refractivity contribution is 0.621. The summed E-state index contributed by atoms with van der Waals surface area (Å²) in [6.45, 7) is 6.99. The van der Waals surface area contributed by atoms with Crippen molar-refractivity contribution >= 4 is 40.7 Å². The van der Waals surface area contributed by atoms with E-state index < -0.39 is 0 Å². The first-order valence-corrected chi connectivity index (χ1v) is 7.28. The van der Waals surface area contributed by atoms with Crippen molar-refractivity contribution in [1.29, 1.82) is 0 Å². The lowest BCUT2D eigenvalue weighted by Crippen LogP contribution is -2.34. The van der Waals surface area contributed by atoms with Crippen molar-refractivity contribution in [2.24, 2.45) is 11.0 Å². The summed E-state index contributed by atoms with van der Waals surface area (Å²) in [6.07, 6.45) is 3.89. The van der Waals surface area contributed by atoms with Crippen LogP contribution < -0.4 is 10.7 Å². The normalized spacial score (nSPS) is 11.9. The van der Waals surface area contributed by atoms with E-state index in [4.69, 9.17) is 23.8 Å². The molecular formula is C15H20ClN3S. The third-order valence-electron chi connectivity index (χ3n) is 2.39. The van der Waals surface area contributed by atoms with Gasteiger partial charge in [0.1, 0.15) is 0 Å². The molecule has 0 aliphatic carbocycles. The highest BCUT2D eigenvalue weighted by molar-refractivity contribution is 7.80. The maximum atomic E-state index is 5.83. The van der Waals surface area contributed by atoms with Crippen LogP contribution in [0.4, 0.5) is 0 Å². The van der Waals surface area contributed by atoms with Crippen LogP contribution in [0.3, 0.4) is 0 Å². The average molecular weight is 310 g/mol. The van der Waals surface area contributed by atoms with E-state index in [0.717, 1.165) is 22.8 Å². The summed E-state index contributed by atoms with van der Waals surface area (Å²) < 4.78 is 0. The Bertz CT molecular complexity index is 492. The molecule has 5 heteroatoms. The SMILES string of the molecule is CC(/C=C/c1ccc(Cl)cc1)=N/NC(=S)NCC(C)C. The van der Waals surface area contributed by atoms with Crippen LogP contribution in [0.2, 0.25) is 5.02 Å². The summed E-state index contributed by atoms with van der Waals surface area (Å²) in [5, 5.41) is 8.55. The molecule has 0 fully saturated rings. The Morgan fingerprint density at radius 2 is 2.00 bits per heavy atom. The first kappa shape index (κ1) is 16.7. The highest BCUT2D eigenvalue weighted by atomic mass is 35.5. The molecule has 0 spiro atoms. The van der Waals surface area contributed by atoms with Crippen molar-refractivity contribution in [3.05, 3.63) is 40.9 Å². The Hall–Kier alpha value is -1.39. The molecule has 0 saturated carbocycles. The molecule has 0 aromatic heterocycles. The number of hydrazone groups is 1. The fourth-order valence-corrected chi connectivity index (χ4v) is 1.56. The molecular weight excluding hydrogens is 290 g/mol. The minimum atomic E-state index is 0.540. The highest BCUT2D eigenvalue weighted by Gasteiger charge is 1.96. The molecule has 0 unspecified atom stereocenters. The summed E-state index contributed by atoms with van der Waals surface area (Å²) >= 11 is 10.9. The van der Waals surface area contributed by atoms with Gasteiger partial charge in [-0.05, 0) is 48.8 Å². The van der Waals surface area contributed by atoms with Crippen LogP contribution in [0.5, 0.6) is 0 Å². The molecule has 0 amide bonds. The number of hydrogen-bond acceptors (Lipinski definition) is 2. The van der Waals surface area contributed by atoms with E-state index in [0.29, 0.717) is 11.0 Å². The topological polar surface area (TPSA) is 36.4 Å². The van der Waals surface area contributed by atoms with Crippen LogP contribution in [0.15, 0.2) is 35.4 Å². The van der Waals surface area contributed by atoms with Gasteiger partial charge in [-0.2, -0.15) is 5.10 Å². The van der Waals surface area contributed by atoms with Gasteiger partial charge in [-0.3, -0.25) is 5.43 Å². The molecule has 1 rings (SSSR count). The van der Waals surface area contributed by atoms with Gasteiger partial charge in [0.25, 0.3) is 0 Å². The van der Waals surface area contributed by atoms with Crippen LogP contribution in [0, 0.1) is 5.92 Å². The van der Waals surface area contributed by atoms with Crippen LogP contribution >= 0.6 is 23.8 Å². The number of nitrogens with one attached hydrogen (secondary N) is 2. The standard InChI is InChI=1S/C15H20ClN3S/c1-11(2)10-17-15(20)19-18-12(3)4-5-13-6-8-14(16)9-7-13/h4-9,11H,10H2,1-3H3,(H2,17,19,20)/b5-4+,18-12-. The molecule has 2 N–H and O–H groups in total. The van der Waals surface area contributed by atoms with Crippen molar-refractivity contribution in [2.45, 2.75) is 20.8 Å². The largest absolute Gasteiger partial charge is 0.361 e. The predicted molar refractivity (Wildman–Crippen MR) is 92.2 cm³/mol. The molecule has 0 aliphatic rings. The molecule has 1 aromatic carbocycles. The van der Waals surface area contributed by atoms with E-state index in [1.54, 1.807) is 0 Å². The fraction of sp³-hybridized carbons (Fsp3) is 0.333. The number of hydrogen-bond donors (Lipinski definition) is 2. The molecule has 0 heterocycles. The summed E-state index contributed by atoms with van der Waals surface area (Å²) in [4.78, 5) is 0. The molecule has 0 atom stereocenters. The van der Waals surface area contributed by atoms with Gasteiger partial charge in [-0.1, -0.05) is 43.7 Å². The smallest absolute Gasteiger partial charge is 0.186 e. The minimum absolute atomic E-state index is 0.540. The first-order valence-electron chi connectivity index (χ1n) is 6.49. The van der Waals surface area contributed by atoms with Crippen molar-refractivity contribution in [1.82, 2.24) is 10.7 Å². The van der Waals surface area contributed by atoms with Gasteiger partial charge < -0.3 is 5.32 Å². The van der Waals surface area contributed by atoms with Gasteiger partial charge in [0.2, 0.25) is 0 Å². The summed E-state index contributed by atoms with van der Waals surface area (Å²) in [6, 6.07) is 7.62. The quantitative estimate of drug-likeness (QED) is 0.493. The molecule has 0 saturated heterocycles. The molecule has 20 heavy (non-hydrogen) atoms. The van der Waals surface area contributed by atoms with Crippen molar-refractivity contribution in [3.8, 4) is 0 Å². The maximum absolute atomic E-state index is 5.83. The number of thiocarbonyl (C=S) groups is 1. The summed E-state index contributed by atoms with van der Waals surface area (Å²) in [7, 11) is 0. The van der Waals surface area contributed by atoms with Crippen LogP contribution in [-0.4, -0.2) is 17.4 Å².